The normalized spacial score (nSPS) is 20.0. The quantitative estimate of drug-likeness (QED) is 0.826. The van der Waals surface area contributed by atoms with E-state index in [9.17, 15) is 8.42 Å². The summed E-state index contributed by atoms with van der Waals surface area (Å²) < 4.78 is 37.4. The molecule has 1 aromatic rings. The largest absolute Gasteiger partial charge is 0.392 e. The van der Waals surface area contributed by atoms with Crippen LogP contribution in [0.15, 0.2) is 23.1 Å². The third-order valence-corrected chi connectivity index (χ3v) is 4.76. The van der Waals surface area contributed by atoms with E-state index in [2.05, 4.69) is 4.72 Å². The summed E-state index contributed by atoms with van der Waals surface area (Å²) in [4.78, 5) is -0.0533. The van der Waals surface area contributed by atoms with Crippen LogP contribution in [-0.4, -0.2) is 46.0 Å². The fourth-order valence-electron chi connectivity index (χ4n) is 1.79. The van der Waals surface area contributed by atoms with Crippen molar-refractivity contribution in [3.8, 4) is 0 Å². The van der Waals surface area contributed by atoms with Gasteiger partial charge in [-0.25, -0.2) is 13.1 Å². The molecule has 0 saturated carbocycles. The number of ether oxygens (including phenoxy) is 2. The highest BCUT2D eigenvalue weighted by atomic mass is 35.5. The first-order valence-corrected chi connectivity index (χ1v) is 7.97. The van der Waals surface area contributed by atoms with E-state index in [1.165, 1.54) is 12.1 Å². The molecule has 0 radical (unpaired) electrons. The van der Waals surface area contributed by atoms with E-state index in [0.717, 1.165) is 0 Å². The standard InChI is InChI=1S/C12H16ClNO5S/c13-11-2-1-9(7-15)5-12(11)20(16,17)14-6-10-8-18-3-4-19-10/h1-2,5,10,14-15H,3-4,6-8H2. The fourth-order valence-corrected chi connectivity index (χ4v) is 3.40. The second kappa shape index (κ2) is 6.84. The first-order valence-electron chi connectivity index (χ1n) is 6.11. The molecule has 1 fully saturated rings. The van der Waals surface area contributed by atoms with Gasteiger partial charge in [0.05, 0.1) is 37.6 Å². The Balaban J connectivity index is 2.09. The van der Waals surface area contributed by atoms with Gasteiger partial charge < -0.3 is 14.6 Å². The van der Waals surface area contributed by atoms with Gasteiger partial charge in [-0.1, -0.05) is 17.7 Å². The van der Waals surface area contributed by atoms with Crippen LogP contribution >= 0.6 is 11.6 Å². The molecule has 0 bridgehead atoms. The number of halogens is 1. The molecular weight excluding hydrogens is 306 g/mol. The molecule has 1 saturated heterocycles. The van der Waals surface area contributed by atoms with Crippen LogP contribution in [-0.2, 0) is 26.1 Å². The van der Waals surface area contributed by atoms with Crippen molar-refractivity contribution in [1.29, 1.82) is 0 Å². The van der Waals surface area contributed by atoms with Crippen LogP contribution in [0.5, 0.6) is 0 Å². The van der Waals surface area contributed by atoms with Gasteiger partial charge in [0, 0.05) is 6.54 Å². The minimum atomic E-state index is -3.75. The number of benzene rings is 1. The first-order chi connectivity index (χ1) is 9.53. The Labute approximate surface area is 122 Å². The molecule has 1 aliphatic heterocycles. The molecule has 1 atom stereocenters. The maximum absolute atomic E-state index is 12.2. The Hall–Kier alpha value is -0.700. The van der Waals surface area contributed by atoms with Gasteiger partial charge in [-0.05, 0) is 17.7 Å². The molecule has 1 aromatic carbocycles. The number of nitrogens with one attached hydrogen (secondary N) is 1. The van der Waals surface area contributed by atoms with Crippen molar-refractivity contribution in [2.45, 2.75) is 17.6 Å². The SMILES string of the molecule is O=S(=O)(NCC1COCCO1)c1cc(CO)ccc1Cl. The van der Waals surface area contributed by atoms with Crippen LogP contribution < -0.4 is 4.72 Å². The van der Waals surface area contributed by atoms with Crippen molar-refractivity contribution in [1.82, 2.24) is 4.72 Å². The van der Waals surface area contributed by atoms with E-state index in [-0.39, 0.29) is 29.2 Å². The first kappa shape index (κ1) is 15.7. The van der Waals surface area contributed by atoms with Crippen molar-refractivity contribution in [3.63, 3.8) is 0 Å². The minimum Gasteiger partial charge on any atom is -0.392 e. The zero-order chi connectivity index (χ0) is 14.6. The molecule has 0 aliphatic carbocycles. The molecule has 2 N–H and O–H groups in total. The van der Waals surface area contributed by atoms with E-state index >= 15 is 0 Å². The second-order valence-corrected chi connectivity index (χ2v) is 6.49. The van der Waals surface area contributed by atoms with Crippen molar-refractivity contribution >= 4 is 21.6 Å². The van der Waals surface area contributed by atoms with E-state index in [1.54, 1.807) is 6.07 Å². The third kappa shape index (κ3) is 3.91. The van der Waals surface area contributed by atoms with Crippen LogP contribution in [0.25, 0.3) is 0 Å². The van der Waals surface area contributed by atoms with Gasteiger partial charge in [-0.15, -0.1) is 0 Å². The molecule has 1 unspecified atom stereocenters. The number of hydrogen-bond donors (Lipinski definition) is 2. The number of aliphatic hydroxyl groups is 1. The zero-order valence-corrected chi connectivity index (χ0v) is 12.3. The van der Waals surface area contributed by atoms with Gasteiger partial charge in [-0.3, -0.25) is 0 Å². The van der Waals surface area contributed by atoms with E-state index in [0.29, 0.717) is 25.4 Å². The van der Waals surface area contributed by atoms with Crippen molar-refractivity contribution in [3.05, 3.63) is 28.8 Å². The zero-order valence-electron chi connectivity index (χ0n) is 10.7. The second-order valence-electron chi connectivity index (χ2n) is 4.34. The lowest BCUT2D eigenvalue weighted by molar-refractivity contribution is -0.0846. The topological polar surface area (TPSA) is 84.9 Å². The lowest BCUT2D eigenvalue weighted by Crippen LogP contribution is -2.39. The summed E-state index contributed by atoms with van der Waals surface area (Å²) in [5, 5.41) is 9.16. The van der Waals surface area contributed by atoms with Gasteiger partial charge >= 0.3 is 0 Å². The predicted octanol–water partition coefficient (Wildman–Crippen LogP) is 0.526. The molecule has 0 amide bonds. The molecule has 0 aromatic heterocycles. The summed E-state index contributed by atoms with van der Waals surface area (Å²) in [7, 11) is -3.75. The van der Waals surface area contributed by atoms with Crippen LogP contribution in [0.4, 0.5) is 0 Å². The maximum Gasteiger partial charge on any atom is 0.242 e. The predicted molar refractivity (Wildman–Crippen MR) is 73.1 cm³/mol. The third-order valence-electron chi connectivity index (χ3n) is 2.85. The molecule has 1 heterocycles. The van der Waals surface area contributed by atoms with Gasteiger partial charge in [0.2, 0.25) is 10.0 Å². The van der Waals surface area contributed by atoms with E-state index < -0.39 is 10.0 Å². The fraction of sp³-hybridized carbons (Fsp3) is 0.500. The highest BCUT2D eigenvalue weighted by Gasteiger charge is 2.22. The summed E-state index contributed by atoms with van der Waals surface area (Å²) >= 11 is 5.90. The van der Waals surface area contributed by atoms with Gasteiger partial charge in [-0.2, -0.15) is 0 Å². The van der Waals surface area contributed by atoms with Gasteiger partial charge in [0.15, 0.2) is 0 Å². The van der Waals surface area contributed by atoms with Crippen molar-refractivity contribution in [2.24, 2.45) is 0 Å². The Morgan fingerprint density at radius 1 is 1.40 bits per heavy atom. The Morgan fingerprint density at radius 2 is 2.20 bits per heavy atom. The summed E-state index contributed by atoms with van der Waals surface area (Å²) in [5.74, 6) is 0. The minimum absolute atomic E-state index is 0.0533. The molecule has 8 heteroatoms. The molecule has 112 valence electrons. The smallest absolute Gasteiger partial charge is 0.242 e. The Kier molecular flexibility index (Phi) is 5.36. The lowest BCUT2D eigenvalue weighted by Gasteiger charge is -2.23. The lowest BCUT2D eigenvalue weighted by atomic mass is 10.2. The number of hydrogen-bond acceptors (Lipinski definition) is 5. The van der Waals surface area contributed by atoms with E-state index in [1.807, 2.05) is 0 Å². The molecule has 20 heavy (non-hydrogen) atoms. The van der Waals surface area contributed by atoms with Gasteiger partial charge in [0.25, 0.3) is 0 Å². The number of rotatable bonds is 5. The Bertz CT molecular complexity index is 557. The van der Waals surface area contributed by atoms with Crippen molar-refractivity contribution < 1.29 is 23.0 Å². The highest BCUT2D eigenvalue weighted by molar-refractivity contribution is 7.89. The summed E-state index contributed by atoms with van der Waals surface area (Å²) in [6, 6.07) is 4.37. The summed E-state index contributed by atoms with van der Waals surface area (Å²) in [5.41, 5.74) is 0.479. The van der Waals surface area contributed by atoms with Crippen LogP contribution in [0.1, 0.15) is 5.56 Å². The number of aliphatic hydroxyl groups excluding tert-OH is 1. The summed E-state index contributed by atoms with van der Waals surface area (Å²) in [6.45, 7) is 1.19. The maximum atomic E-state index is 12.2. The molecule has 1 aliphatic rings. The highest BCUT2D eigenvalue weighted by Crippen LogP contribution is 2.22. The molecule has 6 nitrogen and oxygen atoms in total. The van der Waals surface area contributed by atoms with Crippen LogP contribution in [0, 0.1) is 0 Å². The van der Waals surface area contributed by atoms with Gasteiger partial charge in [0.1, 0.15) is 4.90 Å². The van der Waals surface area contributed by atoms with Crippen LogP contribution in [0.3, 0.4) is 0 Å². The van der Waals surface area contributed by atoms with Crippen molar-refractivity contribution in [2.75, 3.05) is 26.4 Å². The number of sulfonamides is 1. The summed E-state index contributed by atoms with van der Waals surface area (Å²) in [6.07, 6.45) is -0.307. The average Bonchev–Trinajstić information content (AvgIpc) is 2.47. The Morgan fingerprint density at radius 3 is 2.85 bits per heavy atom. The molecule has 0 spiro atoms. The van der Waals surface area contributed by atoms with E-state index in [4.69, 9.17) is 26.2 Å². The molecule has 2 rings (SSSR count). The average molecular weight is 322 g/mol. The molecular formula is C12H16ClNO5S. The monoisotopic (exact) mass is 321 g/mol. The van der Waals surface area contributed by atoms with Crippen LogP contribution in [0.2, 0.25) is 5.02 Å².